The van der Waals surface area contributed by atoms with Gasteiger partial charge in [-0.25, -0.2) is 10.0 Å². The molecule has 0 aliphatic carbocycles. The number of para-hydroxylation sites is 2. The second-order valence-corrected chi connectivity index (χ2v) is 4.85. The van der Waals surface area contributed by atoms with Crippen molar-refractivity contribution < 1.29 is 4.79 Å². The van der Waals surface area contributed by atoms with Crippen LogP contribution < -0.4 is 16.2 Å². The Morgan fingerprint density at radius 1 is 1.10 bits per heavy atom. The van der Waals surface area contributed by atoms with E-state index in [4.69, 9.17) is 18.0 Å². The van der Waals surface area contributed by atoms with Crippen molar-refractivity contribution in [1.29, 1.82) is 0 Å². The topological polar surface area (TPSA) is 70.7 Å². The zero-order chi connectivity index (χ0) is 14.8. The number of benzene rings is 2. The summed E-state index contributed by atoms with van der Waals surface area (Å²) in [7, 11) is 0. The molecule has 1 heterocycles. The molecule has 0 spiro atoms. The zero-order valence-electron chi connectivity index (χ0n) is 11.0. The zero-order valence-corrected chi connectivity index (χ0v) is 11.8. The summed E-state index contributed by atoms with van der Waals surface area (Å²) in [6, 6.07) is 16.4. The highest BCUT2D eigenvalue weighted by molar-refractivity contribution is 7.80. The summed E-state index contributed by atoms with van der Waals surface area (Å²) < 4.78 is 0. The number of ketones is 1. The van der Waals surface area contributed by atoms with Crippen molar-refractivity contribution in [3.8, 4) is 0 Å². The van der Waals surface area contributed by atoms with Crippen LogP contribution in [0.4, 0.5) is 11.4 Å². The van der Waals surface area contributed by atoms with Crippen molar-refractivity contribution in [3.63, 3.8) is 0 Å². The van der Waals surface area contributed by atoms with E-state index in [1.807, 2.05) is 36.4 Å². The van der Waals surface area contributed by atoms with Gasteiger partial charge in [-0.3, -0.25) is 10.2 Å². The summed E-state index contributed by atoms with van der Waals surface area (Å²) in [5.74, 6) is 0.0237. The van der Waals surface area contributed by atoms with E-state index in [9.17, 15) is 4.79 Å². The second-order valence-electron chi connectivity index (χ2n) is 4.43. The van der Waals surface area contributed by atoms with Crippen LogP contribution in [0, 0.1) is 0 Å². The molecular formula is C15H12N4OS. The third kappa shape index (κ3) is 2.48. The molecule has 2 aromatic carbocycles. The molecule has 104 valence electrons. The number of aliphatic imine (C=N–C) groups is 1. The number of nitrogens with two attached hydrogens (primary N) is 1. The van der Waals surface area contributed by atoms with Gasteiger partial charge in [0.05, 0.1) is 16.9 Å². The Labute approximate surface area is 127 Å². The Morgan fingerprint density at radius 3 is 2.43 bits per heavy atom. The molecule has 5 nitrogen and oxygen atoms in total. The van der Waals surface area contributed by atoms with Gasteiger partial charge in [0, 0.05) is 0 Å². The quantitative estimate of drug-likeness (QED) is 0.623. The molecule has 0 bridgehead atoms. The Morgan fingerprint density at radius 2 is 1.76 bits per heavy atom. The fraction of sp³-hybridized carbons (Fsp3) is 0. The van der Waals surface area contributed by atoms with E-state index in [0.717, 1.165) is 5.69 Å². The van der Waals surface area contributed by atoms with Crippen LogP contribution in [0.25, 0.3) is 0 Å². The maximum absolute atomic E-state index is 12.3. The number of rotatable bonds is 1. The molecule has 2 aromatic rings. The minimum absolute atomic E-state index is 0.104. The highest BCUT2D eigenvalue weighted by Crippen LogP contribution is 2.25. The molecule has 6 heteroatoms. The molecule has 21 heavy (non-hydrogen) atoms. The first-order valence-corrected chi connectivity index (χ1v) is 6.71. The molecule has 0 unspecified atom stereocenters. The highest BCUT2D eigenvalue weighted by Gasteiger charge is 2.26. The average molecular weight is 296 g/mol. The third-order valence-electron chi connectivity index (χ3n) is 3.05. The Kier molecular flexibility index (Phi) is 3.37. The number of hydrogen-bond donors (Lipinski definition) is 2. The molecule has 1 aliphatic rings. The van der Waals surface area contributed by atoms with E-state index in [1.54, 1.807) is 18.2 Å². The summed E-state index contributed by atoms with van der Waals surface area (Å²) in [5.41, 5.74) is 10.6. The maximum atomic E-state index is 12.3. The normalized spacial score (nSPS) is 12.6. The van der Waals surface area contributed by atoms with E-state index < -0.39 is 0 Å². The van der Waals surface area contributed by atoms with E-state index >= 15 is 0 Å². The van der Waals surface area contributed by atoms with Crippen molar-refractivity contribution in [2.75, 3.05) is 5.01 Å². The van der Waals surface area contributed by atoms with Gasteiger partial charge < -0.3 is 5.73 Å². The number of amidine groups is 1. The Balaban J connectivity index is 1.89. The number of carbonyl (C=O) groups excluding carboxylic acids is 1. The lowest BCUT2D eigenvalue weighted by atomic mass is 10.1. The first-order valence-electron chi connectivity index (χ1n) is 6.30. The van der Waals surface area contributed by atoms with Crippen molar-refractivity contribution in [3.05, 3.63) is 60.2 Å². The van der Waals surface area contributed by atoms with Gasteiger partial charge in [0.1, 0.15) is 0 Å². The first kappa shape index (κ1) is 13.3. The Bertz CT molecular complexity index is 742. The van der Waals surface area contributed by atoms with Crippen molar-refractivity contribution in [1.82, 2.24) is 5.43 Å². The monoisotopic (exact) mass is 296 g/mol. The predicted octanol–water partition coefficient (Wildman–Crippen LogP) is 2.17. The number of nitrogens with one attached hydrogen (secondary N) is 1. The minimum atomic E-state index is -0.178. The van der Waals surface area contributed by atoms with Gasteiger partial charge >= 0.3 is 0 Å². The lowest BCUT2D eigenvalue weighted by molar-refractivity contribution is 0.106. The number of nitrogens with zero attached hydrogens (tertiary/aromatic N) is 2. The van der Waals surface area contributed by atoms with Crippen molar-refractivity contribution in [2.24, 2.45) is 10.7 Å². The van der Waals surface area contributed by atoms with E-state index in [0.29, 0.717) is 11.3 Å². The number of carbonyl (C=O) groups is 1. The molecule has 3 N–H and O–H groups in total. The fourth-order valence-corrected chi connectivity index (χ4v) is 2.22. The van der Waals surface area contributed by atoms with E-state index in [2.05, 4.69) is 10.4 Å². The molecule has 0 saturated heterocycles. The molecule has 3 rings (SSSR count). The summed E-state index contributed by atoms with van der Waals surface area (Å²) in [4.78, 5) is 16.6. The number of thiocarbonyl (C=S) groups is 1. The first-order chi connectivity index (χ1) is 10.2. The predicted molar refractivity (Wildman–Crippen MR) is 86.7 cm³/mol. The van der Waals surface area contributed by atoms with E-state index in [1.165, 1.54) is 5.01 Å². The summed E-state index contributed by atoms with van der Waals surface area (Å²) in [6.45, 7) is 0. The van der Waals surface area contributed by atoms with Crippen LogP contribution >= 0.6 is 12.2 Å². The number of hydrazine groups is 1. The number of hydrogen-bond acceptors (Lipinski definition) is 4. The molecule has 1 aliphatic heterocycles. The highest BCUT2D eigenvalue weighted by atomic mass is 32.1. The average Bonchev–Trinajstić information content (AvgIpc) is 2.82. The van der Waals surface area contributed by atoms with Gasteiger partial charge in [-0.1, -0.05) is 30.3 Å². The lowest BCUT2D eigenvalue weighted by Gasteiger charge is -2.23. The van der Waals surface area contributed by atoms with Gasteiger partial charge in [0.25, 0.3) is 0 Å². The number of fused-ring (bicyclic) bond motifs is 1. The minimum Gasteiger partial charge on any atom is -0.374 e. The lowest BCUT2D eigenvalue weighted by Crippen LogP contribution is -2.50. The standard InChI is InChI=1S/C15H12N4OS/c16-15(21)19(10-6-2-1-3-7-10)18-14-13(20)11-8-4-5-9-12(11)17-14/h1-9H,(H2,16,21)(H,17,18,20). The number of Topliss-reactive ketones (excluding diaryl/α,β-unsaturated/α-hetero) is 1. The van der Waals surface area contributed by atoms with Crippen LogP contribution in [0.2, 0.25) is 0 Å². The number of anilines is 1. The third-order valence-corrected chi connectivity index (χ3v) is 3.23. The molecule has 0 atom stereocenters. The smallest absolute Gasteiger partial charge is 0.231 e. The largest absolute Gasteiger partial charge is 0.374 e. The van der Waals surface area contributed by atoms with Crippen LogP contribution in [0.3, 0.4) is 0 Å². The summed E-state index contributed by atoms with van der Waals surface area (Å²) >= 11 is 5.03. The van der Waals surface area contributed by atoms with Crippen molar-refractivity contribution in [2.45, 2.75) is 0 Å². The molecule has 0 aromatic heterocycles. The molecule has 0 fully saturated rings. The fourth-order valence-electron chi connectivity index (χ4n) is 2.07. The molecule has 0 radical (unpaired) electrons. The molecule has 0 amide bonds. The van der Waals surface area contributed by atoms with Crippen LogP contribution in [0.1, 0.15) is 10.4 Å². The Hall–Kier alpha value is -2.73. The van der Waals surface area contributed by atoms with Crippen LogP contribution in [0.5, 0.6) is 0 Å². The van der Waals surface area contributed by atoms with Gasteiger partial charge in [-0.2, -0.15) is 0 Å². The maximum Gasteiger partial charge on any atom is 0.231 e. The van der Waals surface area contributed by atoms with E-state index in [-0.39, 0.29) is 16.7 Å². The van der Waals surface area contributed by atoms with Crippen LogP contribution in [0.15, 0.2) is 59.6 Å². The molecule has 0 saturated carbocycles. The summed E-state index contributed by atoms with van der Waals surface area (Å²) in [6.07, 6.45) is 0. The van der Waals surface area contributed by atoms with Crippen molar-refractivity contribution >= 4 is 40.3 Å². The van der Waals surface area contributed by atoms with Gasteiger partial charge in [0.2, 0.25) is 5.78 Å². The second kappa shape index (κ2) is 5.34. The SMILES string of the molecule is NC(=S)N(NC1=Nc2ccccc2C1=O)c1ccccc1. The van der Waals surface area contributed by atoms with Gasteiger partial charge in [0.15, 0.2) is 10.9 Å². The van der Waals surface area contributed by atoms with Gasteiger partial charge in [-0.05, 0) is 36.5 Å². The van der Waals surface area contributed by atoms with Crippen LogP contribution in [-0.4, -0.2) is 16.7 Å². The molecular weight excluding hydrogens is 284 g/mol. The van der Waals surface area contributed by atoms with Crippen LogP contribution in [-0.2, 0) is 0 Å². The van der Waals surface area contributed by atoms with Gasteiger partial charge in [-0.15, -0.1) is 0 Å². The summed E-state index contributed by atoms with van der Waals surface area (Å²) in [5, 5.41) is 1.56.